The molecule has 112 valence electrons. The van der Waals surface area contributed by atoms with Crippen LogP contribution in [0.4, 0.5) is 0 Å². The third-order valence-electron chi connectivity index (χ3n) is 3.81. The van der Waals surface area contributed by atoms with Gasteiger partial charge < -0.3 is 5.32 Å². The lowest BCUT2D eigenvalue weighted by molar-refractivity contribution is -0.122. The first-order valence-corrected chi connectivity index (χ1v) is 7.93. The molecule has 1 unspecified atom stereocenters. The lowest BCUT2D eigenvalue weighted by atomic mass is 10.0. The summed E-state index contributed by atoms with van der Waals surface area (Å²) in [6.45, 7) is 0. The van der Waals surface area contributed by atoms with Crippen molar-refractivity contribution >= 4 is 11.7 Å². The van der Waals surface area contributed by atoms with Crippen LogP contribution in [0.3, 0.4) is 0 Å². The summed E-state index contributed by atoms with van der Waals surface area (Å²) >= 11 is 0. The van der Waals surface area contributed by atoms with Gasteiger partial charge in [0.15, 0.2) is 0 Å². The Hall–Kier alpha value is -1.37. The minimum Gasteiger partial charge on any atom is -0.340 e. The molecule has 1 rings (SSSR count). The fourth-order valence-corrected chi connectivity index (χ4v) is 2.53. The average molecular weight is 278 g/mol. The van der Waals surface area contributed by atoms with Crippen LogP contribution in [0.1, 0.15) is 77.0 Å². The van der Waals surface area contributed by atoms with Gasteiger partial charge in [0.05, 0.1) is 6.07 Å². The summed E-state index contributed by atoms with van der Waals surface area (Å²) in [5.41, 5.74) is 0. The number of carbonyl (C=O) groups excluding carboxylic acids is 2. The topological polar surface area (TPSA) is 70.0 Å². The SMILES string of the molecule is N#CC1CCC(=O)CCCCCCCCCCC(=O)N1. The quantitative estimate of drug-likeness (QED) is 0.739. The summed E-state index contributed by atoms with van der Waals surface area (Å²) in [5.74, 6) is 0.155. The second kappa shape index (κ2) is 10.4. The number of nitrogens with zero attached hydrogens (tertiary/aromatic N) is 1. The van der Waals surface area contributed by atoms with Gasteiger partial charge in [0, 0.05) is 19.3 Å². The van der Waals surface area contributed by atoms with Crippen molar-refractivity contribution in [2.45, 2.75) is 83.1 Å². The number of hydrogen-bond acceptors (Lipinski definition) is 3. The lowest BCUT2D eigenvalue weighted by Gasteiger charge is -2.11. The third kappa shape index (κ3) is 7.93. The first kappa shape index (κ1) is 16.7. The van der Waals surface area contributed by atoms with Crippen molar-refractivity contribution in [3.05, 3.63) is 0 Å². The molecule has 0 aromatic carbocycles. The molecular weight excluding hydrogens is 252 g/mol. The van der Waals surface area contributed by atoms with E-state index in [4.69, 9.17) is 5.26 Å². The molecule has 0 aliphatic carbocycles. The maximum absolute atomic E-state index is 11.7. The highest BCUT2D eigenvalue weighted by Gasteiger charge is 2.13. The minimum atomic E-state index is -0.514. The van der Waals surface area contributed by atoms with Crippen molar-refractivity contribution in [2.24, 2.45) is 0 Å². The molecule has 0 spiro atoms. The monoisotopic (exact) mass is 278 g/mol. The number of amides is 1. The molecule has 20 heavy (non-hydrogen) atoms. The van der Waals surface area contributed by atoms with E-state index < -0.39 is 6.04 Å². The maximum atomic E-state index is 11.7. The molecule has 4 heteroatoms. The molecule has 0 aromatic heterocycles. The van der Waals surface area contributed by atoms with E-state index in [9.17, 15) is 9.59 Å². The summed E-state index contributed by atoms with van der Waals surface area (Å²) in [7, 11) is 0. The van der Waals surface area contributed by atoms with E-state index in [0.717, 1.165) is 25.7 Å². The molecule has 1 saturated heterocycles. The second-order valence-electron chi connectivity index (χ2n) is 5.65. The van der Waals surface area contributed by atoms with E-state index in [1.807, 2.05) is 0 Å². The smallest absolute Gasteiger partial charge is 0.221 e. The molecule has 1 aliphatic rings. The van der Waals surface area contributed by atoms with Gasteiger partial charge in [-0.3, -0.25) is 9.59 Å². The van der Waals surface area contributed by atoms with Gasteiger partial charge in [0.25, 0.3) is 0 Å². The van der Waals surface area contributed by atoms with Gasteiger partial charge in [-0.2, -0.15) is 5.26 Å². The molecule has 0 radical (unpaired) electrons. The van der Waals surface area contributed by atoms with E-state index in [1.54, 1.807) is 0 Å². The molecule has 4 nitrogen and oxygen atoms in total. The predicted octanol–water partition coefficient (Wildman–Crippen LogP) is 3.26. The molecule has 1 N–H and O–H groups in total. The van der Waals surface area contributed by atoms with Crippen molar-refractivity contribution in [3.63, 3.8) is 0 Å². The normalized spacial score (nSPS) is 24.6. The number of nitrogens with one attached hydrogen (secondary N) is 1. The van der Waals surface area contributed by atoms with Crippen LogP contribution < -0.4 is 5.32 Å². The van der Waals surface area contributed by atoms with Crippen molar-refractivity contribution < 1.29 is 9.59 Å². The fourth-order valence-electron chi connectivity index (χ4n) is 2.53. The standard InChI is InChI=1S/C16H26N2O2/c17-13-14-11-12-15(19)9-7-5-3-1-2-4-6-8-10-16(20)18-14/h14H,1-12H2,(H,18,20). The van der Waals surface area contributed by atoms with E-state index in [1.165, 1.54) is 25.7 Å². The molecule has 1 heterocycles. The number of ketones is 1. The molecule has 1 aliphatic heterocycles. The van der Waals surface area contributed by atoms with E-state index in [-0.39, 0.29) is 11.7 Å². The van der Waals surface area contributed by atoms with E-state index in [0.29, 0.717) is 25.7 Å². The first-order chi connectivity index (χ1) is 9.72. The second-order valence-corrected chi connectivity index (χ2v) is 5.65. The highest BCUT2D eigenvalue weighted by Crippen LogP contribution is 2.12. The number of Topliss-reactive ketones (excluding diaryl/α,β-unsaturated/α-hetero) is 1. The Kier molecular flexibility index (Phi) is 8.69. The first-order valence-electron chi connectivity index (χ1n) is 7.93. The van der Waals surface area contributed by atoms with Gasteiger partial charge in [-0.15, -0.1) is 0 Å². The van der Waals surface area contributed by atoms with E-state index in [2.05, 4.69) is 11.4 Å². The maximum Gasteiger partial charge on any atom is 0.221 e. The van der Waals surface area contributed by atoms with Crippen molar-refractivity contribution in [3.8, 4) is 6.07 Å². The molecule has 0 saturated carbocycles. The molecule has 1 amide bonds. The number of rotatable bonds is 0. The molecule has 1 fully saturated rings. The Balaban J connectivity index is 2.41. The van der Waals surface area contributed by atoms with Gasteiger partial charge in [-0.25, -0.2) is 0 Å². The molecule has 0 aromatic rings. The van der Waals surface area contributed by atoms with Crippen LogP contribution in [0.15, 0.2) is 0 Å². The molecular formula is C16H26N2O2. The van der Waals surface area contributed by atoms with E-state index >= 15 is 0 Å². The number of nitriles is 1. The third-order valence-corrected chi connectivity index (χ3v) is 3.81. The Morgan fingerprint density at radius 1 is 0.850 bits per heavy atom. The molecule has 0 bridgehead atoms. The number of hydrogen-bond donors (Lipinski definition) is 1. The summed E-state index contributed by atoms with van der Waals surface area (Å²) in [5, 5.41) is 11.7. The van der Waals surface area contributed by atoms with Gasteiger partial charge in [-0.1, -0.05) is 38.5 Å². The van der Waals surface area contributed by atoms with Gasteiger partial charge in [-0.05, 0) is 19.3 Å². The van der Waals surface area contributed by atoms with Crippen LogP contribution >= 0.6 is 0 Å². The van der Waals surface area contributed by atoms with Crippen molar-refractivity contribution in [1.29, 1.82) is 5.26 Å². The summed E-state index contributed by atoms with van der Waals surface area (Å²) in [6, 6.07) is 1.56. The fraction of sp³-hybridized carbons (Fsp3) is 0.812. The minimum absolute atomic E-state index is 0.0592. The number of carbonyl (C=O) groups is 2. The van der Waals surface area contributed by atoms with Crippen molar-refractivity contribution in [1.82, 2.24) is 5.32 Å². The Labute approximate surface area is 121 Å². The Morgan fingerprint density at radius 2 is 1.40 bits per heavy atom. The summed E-state index contributed by atoms with van der Waals surface area (Å²) in [6.07, 6.45) is 10.9. The zero-order chi connectivity index (χ0) is 14.6. The van der Waals surface area contributed by atoms with Crippen LogP contribution in [0.25, 0.3) is 0 Å². The summed E-state index contributed by atoms with van der Waals surface area (Å²) < 4.78 is 0. The summed E-state index contributed by atoms with van der Waals surface area (Å²) in [4.78, 5) is 23.4. The highest BCUT2D eigenvalue weighted by molar-refractivity contribution is 5.79. The highest BCUT2D eigenvalue weighted by atomic mass is 16.1. The van der Waals surface area contributed by atoms with Gasteiger partial charge in [0.2, 0.25) is 5.91 Å². The van der Waals surface area contributed by atoms with Crippen LogP contribution in [0.5, 0.6) is 0 Å². The van der Waals surface area contributed by atoms with Crippen LogP contribution in [-0.4, -0.2) is 17.7 Å². The zero-order valence-corrected chi connectivity index (χ0v) is 12.3. The molecule has 1 atom stereocenters. The zero-order valence-electron chi connectivity index (χ0n) is 12.3. The van der Waals surface area contributed by atoms with Crippen molar-refractivity contribution in [2.75, 3.05) is 0 Å². The van der Waals surface area contributed by atoms with Gasteiger partial charge in [0.1, 0.15) is 11.8 Å². The average Bonchev–Trinajstić information content (AvgIpc) is 2.44. The van der Waals surface area contributed by atoms with Gasteiger partial charge >= 0.3 is 0 Å². The van der Waals surface area contributed by atoms with Crippen LogP contribution in [0.2, 0.25) is 0 Å². The lowest BCUT2D eigenvalue weighted by Crippen LogP contribution is -2.34. The Morgan fingerprint density at radius 3 is 2.00 bits per heavy atom. The van der Waals surface area contributed by atoms with Crippen LogP contribution in [-0.2, 0) is 9.59 Å². The van der Waals surface area contributed by atoms with Crippen LogP contribution in [0, 0.1) is 11.3 Å². The Bertz CT molecular complexity index is 347. The predicted molar refractivity (Wildman–Crippen MR) is 78.0 cm³/mol. The largest absolute Gasteiger partial charge is 0.340 e.